The second kappa shape index (κ2) is 21.5. The van der Waals surface area contributed by atoms with Crippen LogP contribution in [0.5, 0.6) is 0 Å². The topological polar surface area (TPSA) is 152 Å². The quantitative estimate of drug-likeness (QED) is 0.107. The third-order valence-electron chi connectivity index (χ3n) is 21.9. The van der Waals surface area contributed by atoms with E-state index in [1.807, 2.05) is 76.2 Å². The Morgan fingerprint density at radius 3 is 1.49 bits per heavy atom. The normalized spacial score (nSPS) is 37.1. The van der Waals surface area contributed by atoms with E-state index in [1.165, 1.54) is 44.9 Å². The number of aliphatic hydroxyl groups is 1. The highest BCUT2D eigenvalue weighted by molar-refractivity contribution is 5.79. The molecule has 0 aromatic rings. The monoisotopic (exact) mass is 1040 g/mol. The highest BCUT2D eigenvalue weighted by Gasteiger charge is 2.68. The van der Waals surface area contributed by atoms with Crippen molar-refractivity contribution in [3.8, 4) is 0 Å². The van der Waals surface area contributed by atoms with Crippen LogP contribution in [0, 0.1) is 74.4 Å². The summed E-state index contributed by atoms with van der Waals surface area (Å²) in [6.45, 7) is 36.0. The lowest BCUT2D eigenvalue weighted by Gasteiger charge is -2.59. The van der Waals surface area contributed by atoms with E-state index in [9.17, 15) is 29.1 Å². The van der Waals surface area contributed by atoms with Crippen LogP contribution in [0.4, 0.5) is 0 Å². The fourth-order valence-electron chi connectivity index (χ4n) is 15.3. The Hall–Kier alpha value is -2.69. The fraction of sp³-hybridized carbons (Fsp3) is 0.921. The molecule has 0 spiro atoms. The third-order valence-corrected chi connectivity index (χ3v) is 21.9. The molecule has 0 aromatic heterocycles. The molecule has 1 N–H and O–H groups in total. The number of cyclic esters (lactones) is 1. The number of esters is 5. The van der Waals surface area contributed by atoms with Crippen molar-refractivity contribution in [1.82, 2.24) is 0 Å². The van der Waals surface area contributed by atoms with Gasteiger partial charge in [0.25, 0.3) is 0 Å². The lowest BCUT2D eigenvalue weighted by Crippen LogP contribution is -2.61. The molecule has 8 bridgehead atoms. The molecular weight excluding hydrogens is 933 g/mol. The predicted molar refractivity (Wildman–Crippen MR) is 289 cm³/mol. The second-order valence-electron chi connectivity index (χ2n) is 29.7. The van der Waals surface area contributed by atoms with Gasteiger partial charge in [-0.2, -0.15) is 0 Å². The molecule has 10 rings (SSSR count). The molecule has 0 radical (unpaired) electrons. The summed E-state index contributed by atoms with van der Waals surface area (Å²) in [4.78, 5) is 60.5. The van der Waals surface area contributed by atoms with Gasteiger partial charge in [0.05, 0.1) is 33.7 Å². The van der Waals surface area contributed by atoms with Crippen LogP contribution in [0.15, 0.2) is 0 Å². The van der Waals surface area contributed by atoms with E-state index in [2.05, 4.69) is 34.6 Å². The molecule has 74 heavy (non-hydrogen) atoms. The molecule has 11 atom stereocenters. The number of fused-ring (bicyclic) bond motifs is 9. The van der Waals surface area contributed by atoms with Crippen LogP contribution >= 0.6 is 0 Å². The SMILES string of the molecule is CCC(C)(C)C(=O)OC1(C(C)(C)C)CCCC1.CCC(C)(C)C(=O)OC1(C)CC(=O)OC1C.CCC(C)(C)C(=O)OC1(CC)CC2CC1C1C3CCC(C3)C21.CCC(C)(C)C(=O)OC12CC3CC(CC(O)(C3)C1)C2. The van der Waals surface area contributed by atoms with Crippen molar-refractivity contribution in [3.05, 3.63) is 0 Å². The van der Waals surface area contributed by atoms with Gasteiger partial charge in [-0.15, -0.1) is 0 Å². The molecule has 9 aliphatic carbocycles. The Morgan fingerprint density at radius 1 is 0.595 bits per heavy atom. The molecule has 11 unspecified atom stereocenters. The van der Waals surface area contributed by atoms with Gasteiger partial charge in [0.1, 0.15) is 22.9 Å². The van der Waals surface area contributed by atoms with Crippen molar-refractivity contribution in [3.63, 3.8) is 0 Å². The fourth-order valence-corrected chi connectivity index (χ4v) is 15.3. The Balaban J connectivity index is 0.000000162. The Bertz CT molecular complexity index is 2020. The average molecular weight is 1040 g/mol. The molecule has 11 heteroatoms. The zero-order valence-corrected chi connectivity index (χ0v) is 50.1. The summed E-state index contributed by atoms with van der Waals surface area (Å²) in [5.41, 5.74) is -3.69. The number of rotatable bonds is 13. The van der Waals surface area contributed by atoms with Gasteiger partial charge in [-0.05, 0) is 233 Å². The first-order chi connectivity index (χ1) is 34.0. The van der Waals surface area contributed by atoms with Gasteiger partial charge < -0.3 is 28.8 Å². The average Bonchev–Trinajstić information content (AvgIpc) is 4.18. The number of hydrogen-bond donors (Lipinski definition) is 1. The van der Waals surface area contributed by atoms with Crippen LogP contribution in [-0.4, -0.2) is 69.1 Å². The van der Waals surface area contributed by atoms with Crippen LogP contribution in [0.25, 0.3) is 0 Å². The van der Waals surface area contributed by atoms with Crippen molar-refractivity contribution < 1.29 is 52.8 Å². The molecular formula is C63H106O11. The lowest BCUT2D eigenvalue weighted by molar-refractivity contribution is -0.225. The maximum atomic E-state index is 12.7. The minimum atomic E-state index is -0.819. The standard InChI is InChI=1S/C20H32O2.C16H26O3.C15H28O2.C12H20O4/c1-5-19(3,4)18(21)22-20(6-2)11-14-10-15(20)17-13-8-7-12(9-13)16(14)17;1-4-14(2,3)13(17)19-16-8-11-5-12(9-16)7-15(18,6-11)10-16;1-7-14(5,6)12(16)17-15(13(2,3)4)10-8-9-11-15;1-6-11(3,4)10(14)16-12(5)7-9(13)15-8(12)2/h12-17H,5-11H2,1-4H3;11-12,18H,4-10H2,1-3H3;7-11H2,1-6H3;8H,6-7H2,1-5H3. The zero-order chi connectivity index (χ0) is 55.5. The van der Waals surface area contributed by atoms with Crippen LogP contribution in [0.3, 0.4) is 0 Å². The minimum absolute atomic E-state index is 0.0307. The number of carbonyl (C=O) groups is 5. The third kappa shape index (κ3) is 12.1. The molecule has 10 aliphatic rings. The van der Waals surface area contributed by atoms with E-state index in [-0.39, 0.29) is 75.4 Å². The molecule has 1 saturated heterocycles. The van der Waals surface area contributed by atoms with E-state index in [0.29, 0.717) is 30.6 Å². The summed E-state index contributed by atoms with van der Waals surface area (Å²) >= 11 is 0. The smallest absolute Gasteiger partial charge is 0.312 e. The van der Waals surface area contributed by atoms with E-state index >= 15 is 0 Å². The van der Waals surface area contributed by atoms with E-state index in [4.69, 9.17) is 23.7 Å². The van der Waals surface area contributed by atoms with Crippen molar-refractivity contribution >= 4 is 29.8 Å². The molecule has 1 aliphatic heterocycles. The Kier molecular flexibility index (Phi) is 17.6. The molecule has 9 saturated carbocycles. The molecule has 11 nitrogen and oxygen atoms in total. The number of carbonyl (C=O) groups excluding carboxylic acids is 5. The van der Waals surface area contributed by atoms with Gasteiger partial charge >= 0.3 is 29.8 Å². The first-order valence-corrected chi connectivity index (χ1v) is 29.9. The highest BCUT2D eigenvalue weighted by atomic mass is 16.6. The summed E-state index contributed by atoms with van der Waals surface area (Å²) in [6, 6.07) is 0. The van der Waals surface area contributed by atoms with Crippen molar-refractivity contribution in [1.29, 1.82) is 0 Å². The van der Waals surface area contributed by atoms with Crippen molar-refractivity contribution in [2.45, 2.75) is 294 Å². The zero-order valence-electron chi connectivity index (χ0n) is 50.1. The van der Waals surface area contributed by atoms with Gasteiger partial charge in [-0.3, -0.25) is 24.0 Å². The summed E-state index contributed by atoms with van der Waals surface area (Å²) in [5, 5.41) is 10.6. The molecule has 10 fully saturated rings. The van der Waals surface area contributed by atoms with Crippen LogP contribution in [0.1, 0.15) is 259 Å². The Morgan fingerprint density at radius 2 is 1.05 bits per heavy atom. The summed E-state index contributed by atoms with van der Waals surface area (Å²) in [5.74, 6) is 5.82. The van der Waals surface area contributed by atoms with Crippen LogP contribution < -0.4 is 0 Å². The van der Waals surface area contributed by atoms with Gasteiger partial charge in [-0.25, -0.2) is 0 Å². The highest BCUT2D eigenvalue weighted by Crippen LogP contribution is 2.71. The largest absolute Gasteiger partial charge is 0.459 e. The van der Waals surface area contributed by atoms with Gasteiger partial charge in [0.15, 0.2) is 5.60 Å². The van der Waals surface area contributed by atoms with E-state index in [0.717, 1.165) is 100 Å². The Labute approximate surface area is 449 Å². The van der Waals surface area contributed by atoms with Crippen LogP contribution in [0.2, 0.25) is 0 Å². The molecule has 0 aromatic carbocycles. The summed E-state index contributed by atoms with van der Waals surface area (Å²) < 4.78 is 28.7. The number of hydrogen-bond acceptors (Lipinski definition) is 11. The maximum Gasteiger partial charge on any atom is 0.312 e. The second-order valence-corrected chi connectivity index (χ2v) is 29.7. The summed E-state index contributed by atoms with van der Waals surface area (Å²) in [7, 11) is 0. The van der Waals surface area contributed by atoms with Gasteiger partial charge in [0.2, 0.25) is 0 Å². The predicted octanol–water partition coefficient (Wildman–Crippen LogP) is 14.3. The van der Waals surface area contributed by atoms with Crippen molar-refractivity contribution in [2.75, 3.05) is 0 Å². The molecule has 1 heterocycles. The van der Waals surface area contributed by atoms with Gasteiger partial charge in [0, 0.05) is 17.8 Å². The first kappa shape index (κ1) is 60.5. The van der Waals surface area contributed by atoms with Gasteiger partial charge in [-0.1, -0.05) is 55.4 Å². The van der Waals surface area contributed by atoms with E-state index < -0.39 is 22.0 Å². The maximum absolute atomic E-state index is 12.7. The van der Waals surface area contributed by atoms with E-state index in [1.54, 1.807) is 13.8 Å². The molecule has 0 amide bonds. The molecule has 424 valence electrons. The minimum Gasteiger partial charge on any atom is -0.459 e. The number of ether oxygens (including phenoxy) is 5. The van der Waals surface area contributed by atoms with Crippen LogP contribution in [-0.2, 0) is 47.7 Å². The summed E-state index contributed by atoms with van der Waals surface area (Å²) in [6.07, 6.45) is 20.9. The first-order valence-electron chi connectivity index (χ1n) is 29.9. The lowest BCUT2D eigenvalue weighted by atomic mass is 9.52. The van der Waals surface area contributed by atoms with Crippen molar-refractivity contribution in [2.24, 2.45) is 74.4 Å².